The number of halogens is 1. The van der Waals surface area contributed by atoms with Gasteiger partial charge in [-0.1, -0.05) is 35.0 Å². The van der Waals surface area contributed by atoms with Crippen molar-refractivity contribution in [3.05, 3.63) is 47.5 Å². The van der Waals surface area contributed by atoms with Crippen LogP contribution in [0.2, 0.25) is 5.02 Å². The van der Waals surface area contributed by atoms with E-state index in [-0.39, 0.29) is 0 Å². The second-order valence-corrected chi connectivity index (χ2v) is 4.89. The van der Waals surface area contributed by atoms with E-state index < -0.39 is 0 Å². The van der Waals surface area contributed by atoms with Crippen molar-refractivity contribution in [3.63, 3.8) is 0 Å². The van der Waals surface area contributed by atoms with E-state index >= 15 is 0 Å². The average Bonchev–Trinajstić information content (AvgIpc) is 2.40. The van der Waals surface area contributed by atoms with Gasteiger partial charge in [0.25, 0.3) is 0 Å². The highest BCUT2D eigenvalue weighted by Crippen LogP contribution is 2.32. The molecular weight excluding hydrogens is 266 g/mol. The zero-order valence-electron chi connectivity index (χ0n) is 9.80. The van der Waals surface area contributed by atoms with Crippen LogP contribution in [0.4, 0.5) is 5.69 Å². The monoisotopic (exact) mass is 277 g/mol. The molecule has 0 amide bonds. The predicted molar refractivity (Wildman–Crippen MR) is 77.4 cm³/mol. The highest BCUT2D eigenvalue weighted by Gasteiger charge is 2.04. The van der Waals surface area contributed by atoms with Crippen molar-refractivity contribution in [2.75, 3.05) is 6.26 Å². The second-order valence-electron chi connectivity index (χ2n) is 3.61. The first-order chi connectivity index (χ1) is 8.74. The van der Waals surface area contributed by atoms with Crippen molar-refractivity contribution in [1.29, 1.82) is 0 Å². The van der Waals surface area contributed by atoms with Crippen LogP contribution >= 0.6 is 23.4 Å². The van der Waals surface area contributed by atoms with Crippen LogP contribution in [0.1, 0.15) is 0 Å². The van der Waals surface area contributed by atoms with Crippen LogP contribution in [-0.2, 0) is 0 Å². The van der Waals surface area contributed by atoms with Gasteiger partial charge in [0.1, 0.15) is 0 Å². The summed E-state index contributed by atoms with van der Waals surface area (Å²) in [6, 6.07) is 13.7. The highest BCUT2D eigenvalue weighted by molar-refractivity contribution is 7.98. The molecule has 0 aromatic heterocycles. The SMILES string of the molecule is CSc1ccc(-c2ccc(N=NN)cc2Cl)cc1. The van der Waals surface area contributed by atoms with Gasteiger partial charge in [-0.3, -0.25) is 0 Å². The molecule has 18 heavy (non-hydrogen) atoms. The minimum atomic E-state index is 0.636. The van der Waals surface area contributed by atoms with Crippen LogP contribution in [0.5, 0.6) is 0 Å². The zero-order chi connectivity index (χ0) is 13.0. The third-order valence-electron chi connectivity index (χ3n) is 2.53. The fourth-order valence-corrected chi connectivity index (χ4v) is 2.33. The Hall–Kier alpha value is -1.52. The largest absolute Gasteiger partial charge is 0.305 e. The number of nitrogens with two attached hydrogens (primary N) is 1. The Morgan fingerprint density at radius 2 is 1.83 bits per heavy atom. The number of hydrogen-bond acceptors (Lipinski definition) is 3. The van der Waals surface area contributed by atoms with Gasteiger partial charge in [0.15, 0.2) is 0 Å². The van der Waals surface area contributed by atoms with Crippen molar-refractivity contribution in [3.8, 4) is 11.1 Å². The summed E-state index contributed by atoms with van der Waals surface area (Å²) < 4.78 is 0. The summed E-state index contributed by atoms with van der Waals surface area (Å²) in [6.45, 7) is 0. The van der Waals surface area contributed by atoms with Gasteiger partial charge < -0.3 is 5.84 Å². The maximum Gasteiger partial charge on any atom is 0.0889 e. The smallest absolute Gasteiger partial charge is 0.0889 e. The lowest BCUT2D eigenvalue weighted by atomic mass is 10.1. The van der Waals surface area contributed by atoms with Gasteiger partial charge in [-0.05, 0) is 36.1 Å². The molecule has 0 unspecified atom stereocenters. The third kappa shape index (κ3) is 2.83. The fraction of sp³-hybridized carbons (Fsp3) is 0.0769. The normalized spacial score (nSPS) is 11.0. The van der Waals surface area contributed by atoms with Crippen LogP contribution in [0, 0.1) is 0 Å². The van der Waals surface area contributed by atoms with Gasteiger partial charge >= 0.3 is 0 Å². The molecule has 2 N–H and O–H groups in total. The molecule has 0 radical (unpaired) electrons. The molecule has 0 spiro atoms. The summed E-state index contributed by atoms with van der Waals surface area (Å²) in [7, 11) is 0. The third-order valence-corrected chi connectivity index (χ3v) is 3.58. The van der Waals surface area contributed by atoms with E-state index in [1.165, 1.54) is 4.90 Å². The Kier molecular flexibility index (Phi) is 4.23. The Morgan fingerprint density at radius 1 is 1.11 bits per heavy atom. The molecule has 0 aliphatic rings. The van der Waals surface area contributed by atoms with Gasteiger partial charge in [-0.15, -0.1) is 16.9 Å². The number of nitrogens with zero attached hydrogens (tertiary/aromatic N) is 2. The van der Waals surface area contributed by atoms with E-state index in [1.54, 1.807) is 17.8 Å². The number of thioether (sulfide) groups is 1. The van der Waals surface area contributed by atoms with Crippen molar-refractivity contribution >= 4 is 29.1 Å². The molecule has 0 aliphatic heterocycles. The van der Waals surface area contributed by atoms with Gasteiger partial charge in [0.05, 0.1) is 10.7 Å². The summed E-state index contributed by atoms with van der Waals surface area (Å²) in [5.74, 6) is 5.00. The lowest BCUT2D eigenvalue weighted by Crippen LogP contribution is -1.80. The molecule has 0 saturated carbocycles. The quantitative estimate of drug-likeness (QED) is 0.383. The van der Waals surface area contributed by atoms with E-state index in [0.29, 0.717) is 10.7 Å². The topological polar surface area (TPSA) is 50.7 Å². The maximum absolute atomic E-state index is 6.23. The summed E-state index contributed by atoms with van der Waals surface area (Å²) in [4.78, 5) is 1.23. The summed E-state index contributed by atoms with van der Waals surface area (Å²) in [5.41, 5.74) is 2.70. The Morgan fingerprint density at radius 3 is 2.39 bits per heavy atom. The molecule has 2 rings (SSSR count). The van der Waals surface area contributed by atoms with Crippen LogP contribution in [-0.4, -0.2) is 6.26 Å². The van der Waals surface area contributed by atoms with E-state index in [1.807, 2.05) is 12.1 Å². The fourth-order valence-electron chi connectivity index (χ4n) is 1.64. The van der Waals surface area contributed by atoms with Crippen LogP contribution < -0.4 is 5.84 Å². The van der Waals surface area contributed by atoms with E-state index in [2.05, 4.69) is 40.9 Å². The summed E-state index contributed by atoms with van der Waals surface area (Å²) >= 11 is 7.94. The first-order valence-electron chi connectivity index (χ1n) is 5.29. The van der Waals surface area contributed by atoms with Gasteiger partial charge in [-0.25, -0.2) is 0 Å². The number of rotatable bonds is 3. The molecular formula is C13H12ClN3S. The molecule has 0 heterocycles. The molecule has 0 atom stereocenters. The van der Waals surface area contributed by atoms with Gasteiger partial charge in [0.2, 0.25) is 0 Å². The standard InChI is InChI=1S/C13H12ClN3S/c1-18-11-5-2-9(3-6-11)12-7-4-10(16-17-15)8-13(12)14/h2-8H,1H3,(H2,15,16). The molecule has 0 aliphatic carbocycles. The average molecular weight is 278 g/mol. The van der Waals surface area contributed by atoms with Crippen molar-refractivity contribution < 1.29 is 0 Å². The second kappa shape index (κ2) is 5.89. The van der Waals surface area contributed by atoms with Crippen LogP contribution in [0.3, 0.4) is 0 Å². The highest BCUT2D eigenvalue weighted by atomic mass is 35.5. The van der Waals surface area contributed by atoms with Gasteiger partial charge in [0, 0.05) is 10.5 Å². The first kappa shape index (κ1) is 12.9. The minimum Gasteiger partial charge on any atom is -0.305 e. The molecule has 3 nitrogen and oxygen atoms in total. The van der Waals surface area contributed by atoms with Crippen molar-refractivity contribution in [1.82, 2.24) is 0 Å². The molecule has 92 valence electrons. The molecule has 2 aromatic rings. The van der Waals surface area contributed by atoms with Gasteiger partial charge in [-0.2, -0.15) is 0 Å². The Labute approximate surface area is 115 Å². The van der Waals surface area contributed by atoms with E-state index in [0.717, 1.165) is 11.1 Å². The van der Waals surface area contributed by atoms with Crippen molar-refractivity contribution in [2.45, 2.75) is 4.90 Å². The number of benzene rings is 2. The maximum atomic E-state index is 6.23. The number of hydrogen-bond donors (Lipinski definition) is 1. The lowest BCUT2D eigenvalue weighted by molar-refractivity contribution is 1.06. The molecule has 0 fully saturated rings. The summed E-state index contributed by atoms with van der Waals surface area (Å²) in [6.07, 6.45) is 2.05. The van der Waals surface area contributed by atoms with Crippen LogP contribution in [0.25, 0.3) is 11.1 Å². The summed E-state index contributed by atoms with van der Waals surface area (Å²) in [5, 5.41) is 7.62. The van der Waals surface area contributed by atoms with Crippen molar-refractivity contribution in [2.24, 2.45) is 16.2 Å². The Bertz CT molecular complexity index is 567. The lowest BCUT2D eigenvalue weighted by Gasteiger charge is -2.06. The predicted octanol–water partition coefficient (Wildman–Crippen LogP) is 4.69. The molecule has 0 bridgehead atoms. The molecule has 2 aromatic carbocycles. The first-order valence-corrected chi connectivity index (χ1v) is 6.90. The molecule has 5 heteroatoms. The van der Waals surface area contributed by atoms with E-state index in [9.17, 15) is 0 Å². The Balaban J connectivity index is 2.37. The minimum absolute atomic E-state index is 0.636. The molecule has 0 saturated heterocycles. The zero-order valence-corrected chi connectivity index (χ0v) is 11.4. The van der Waals surface area contributed by atoms with E-state index in [4.69, 9.17) is 17.4 Å². The van der Waals surface area contributed by atoms with Crippen LogP contribution in [0.15, 0.2) is 57.7 Å².